The van der Waals surface area contributed by atoms with Gasteiger partial charge in [-0.15, -0.1) is 11.8 Å². The molecule has 2 rings (SSSR count). The largest absolute Gasteiger partial charge is 0.336 e. The van der Waals surface area contributed by atoms with Crippen molar-refractivity contribution in [3.63, 3.8) is 0 Å². The van der Waals surface area contributed by atoms with E-state index in [-0.39, 0.29) is 30.9 Å². The summed E-state index contributed by atoms with van der Waals surface area (Å²) in [5, 5.41) is 2.95. The average Bonchev–Trinajstić information content (AvgIpc) is 2.62. The number of likely N-dealkylation sites (N-methyl/N-ethyl adjacent to an activating group) is 1. The van der Waals surface area contributed by atoms with Gasteiger partial charge in [0, 0.05) is 17.0 Å². The number of anilines is 1. The number of para-hydroxylation sites is 1. The third-order valence-corrected chi connectivity index (χ3v) is 5.81. The first-order valence-corrected chi connectivity index (χ1v) is 11.1. The summed E-state index contributed by atoms with van der Waals surface area (Å²) in [7, 11) is 1.83. The molecule has 0 saturated heterocycles. The van der Waals surface area contributed by atoms with Gasteiger partial charge in [-0.2, -0.15) is 0 Å². The summed E-state index contributed by atoms with van der Waals surface area (Å²) in [5.41, 5.74) is 0.820. The van der Waals surface area contributed by atoms with E-state index in [1.807, 2.05) is 42.5 Å². The van der Waals surface area contributed by atoms with Crippen LogP contribution in [0.5, 0.6) is 0 Å². The van der Waals surface area contributed by atoms with Gasteiger partial charge in [0.25, 0.3) is 0 Å². The third-order valence-electron chi connectivity index (χ3n) is 5.01. The van der Waals surface area contributed by atoms with Crippen molar-refractivity contribution >= 4 is 29.3 Å². The van der Waals surface area contributed by atoms with Gasteiger partial charge in [0.05, 0.1) is 18.8 Å². The molecule has 0 aliphatic heterocycles. The number of carbonyl (C=O) groups is 2. The zero-order valence-corrected chi connectivity index (χ0v) is 17.8. The molecular formula is C21H33N3O2S. The number of nitrogens with zero attached hydrogens (tertiary/aromatic N) is 2. The summed E-state index contributed by atoms with van der Waals surface area (Å²) in [5.74, 6) is 0.0253. The number of amides is 2. The molecule has 5 nitrogen and oxygen atoms in total. The van der Waals surface area contributed by atoms with Crippen LogP contribution in [0.2, 0.25) is 0 Å². The van der Waals surface area contributed by atoms with E-state index in [9.17, 15) is 9.59 Å². The Morgan fingerprint density at radius 1 is 1.15 bits per heavy atom. The monoisotopic (exact) mass is 391 g/mol. The lowest BCUT2D eigenvalue weighted by atomic mass is 9.93. The zero-order chi connectivity index (χ0) is 19.8. The van der Waals surface area contributed by atoms with Gasteiger partial charge in [0.1, 0.15) is 0 Å². The molecule has 0 aromatic heterocycles. The molecule has 1 aromatic rings. The first-order chi connectivity index (χ1) is 12.9. The minimum atomic E-state index is -0.0967. The van der Waals surface area contributed by atoms with Crippen LogP contribution >= 0.6 is 11.8 Å². The van der Waals surface area contributed by atoms with Crippen LogP contribution in [0.1, 0.15) is 46.0 Å². The van der Waals surface area contributed by atoms with Crippen LogP contribution in [0, 0.1) is 0 Å². The molecule has 1 saturated carbocycles. The summed E-state index contributed by atoms with van der Waals surface area (Å²) in [6, 6.07) is 8.29. The van der Waals surface area contributed by atoms with Crippen molar-refractivity contribution < 1.29 is 9.59 Å². The number of nitrogens with one attached hydrogen (secondary N) is 1. The van der Waals surface area contributed by atoms with Gasteiger partial charge in [0.15, 0.2) is 0 Å². The van der Waals surface area contributed by atoms with Gasteiger partial charge < -0.3 is 10.2 Å². The molecule has 0 heterocycles. The van der Waals surface area contributed by atoms with E-state index in [1.54, 1.807) is 16.7 Å². The van der Waals surface area contributed by atoms with Gasteiger partial charge in [-0.05, 0) is 52.1 Å². The normalized spacial score (nSPS) is 15.2. The first kappa shape index (κ1) is 21.8. The Hall–Kier alpha value is -1.53. The van der Waals surface area contributed by atoms with Crippen LogP contribution in [0.15, 0.2) is 29.2 Å². The number of benzene rings is 1. The summed E-state index contributed by atoms with van der Waals surface area (Å²) < 4.78 is 0. The predicted molar refractivity (Wildman–Crippen MR) is 113 cm³/mol. The fourth-order valence-corrected chi connectivity index (χ4v) is 4.38. The van der Waals surface area contributed by atoms with E-state index in [1.165, 1.54) is 19.3 Å². The van der Waals surface area contributed by atoms with E-state index in [4.69, 9.17) is 0 Å². The topological polar surface area (TPSA) is 52.7 Å². The van der Waals surface area contributed by atoms with Crippen molar-refractivity contribution in [2.24, 2.45) is 0 Å². The van der Waals surface area contributed by atoms with Crippen LogP contribution in [0.3, 0.4) is 0 Å². The second-order valence-electron chi connectivity index (χ2n) is 7.61. The van der Waals surface area contributed by atoms with E-state index >= 15 is 0 Å². The van der Waals surface area contributed by atoms with E-state index in [0.29, 0.717) is 6.04 Å². The maximum absolute atomic E-state index is 12.9. The molecule has 2 amide bonds. The Morgan fingerprint density at radius 3 is 2.44 bits per heavy atom. The van der Waals surface area contributed by atoms with Crippen molar-refractivity contribution in [3.8, 4) is 0 Å². The first-order valence-electron chi connectivity index (χ1n) is 9.85. The molecule has 0 radical (unpaired) electrons. The molecule has 27 heavy (non-hydrogen) atoms. The summed E-state index contributed by atoms with van der Waals surface area (Å²) in [6.45, 7) is 4.63. The summed E-state index contributed by atoms with van der Waals surface area (Å²) in [4.78, 5) is 30.2. The summed E-state index contributed by atoms with van der Waals surface area (Å²) >= 11 is 1.60. The van der Waals surface area contributed by atoms with E-state index in [2.05, 4.69) is 19.2 Å². The molecule has 1 aliphatic carbocycles. The summed E-state index contributed by atoms with van der Waals surface area (Å²) in [6.07, 6.45) is 7.86. The van der Waals surface area contributed by atoms with Gasteiger partial charge in [-0.1, -0.05) is 31.4 Å². The predicted octanol–water partition coefficient (Wildman–Crippen LogP) is 3.85. The Balaban J connectivity index is 1.89. The molecule has 0 unspecified atom stereocenters. The smallest absolute Gasteiger partial charge is 0.238 e. The Labute approximate surface area is 167 Å². The molecule has 0 bridgehead atoms. The lowest BCUT2D eigenvalue weighted by Crippen LogP contribution is -2.49. The SMILES string of the molecule is CSc1ccccc1NC(=O)CN(C)CC(=O)N(C(C)C)C1CCCCC1. The number of thioether (sulfide) groups is 1. The van der Waals surface area contributed by atoms with Crippen LogP contribution < -0.4 is 5.32 Å². The van der Waals surface area contributed by atoms with Crippen molar-refractivity contribution in [1.82, 2.24) is 9.80 Å². The molecule has 150 valence electrons. The Kier molecular flexibility index (Phi) is 8.64. The molecular weight excluding hydrogens is 358 g/mol. The van der Waals surface area contributed by atoms with Gasteiger partial charge in [-0.25, -0.2) is 0 Å². The molecule has 1 aliphatic rings. The average molecular weight is 392 g/mol. The van der Waals surface area contributed by atoms with Crippen molar-refractivity contribution in [2.45, 2.75) is 62.9 Å². The standard InChI is InChI=1S/C21H33N3O2S/c1-16(2)24(17-10-6-5-7-11-17)21(26)15-23(3)14-20(25)22-18-12-8-9-13-19(18)27-4/h8-9,12-13,16-17H,5-7,10-11,14-15H2,1-4H3,(H,22,25). The molecule has 1 N–H and O–H groups in total. The van der Waals surface area contributed by atoms with Crippen LogP contribution in [-0.2, 0) is 9.59 Å². The molecule has 6 heteroatoms. The number of rotatable bonds is 8. The maximum Gasteiger partial charge on any atom is 0.238 e. The third kappa shape index (κ3) is 6.54. The van der Waals surface area contributed by atoms with Gasteiger partial charge in [-0.3, -0.25) is 14.5 Å². The Bertz CT molecular complexity index is 630. The molecule has 1 aromatic carbocycles. The van der Waals surface area contributed by atoms with Crippen LogP contribution in [0.25, 0.3) is 0 Å². The quantitative estimate of drug-likeness (QED) is 0.684. The van der Waals surface area contributed by atoms with Crippen LogP contribution in [0.4, 0.5) is 5.69 Å². The minimum Gasteiger partial charge on any atom is -0.336 e. The molecule has 0 atom stereocenters. The lowest BCUT2D eigenvalue weighted by Gasteiger charge is -2.38. The minimum absolute atomic E-state index is 0.0967. The Morgan fingerprint density at radius 2 is 1.81 bits per heavy atom. The maximum atomic E-state index is 12.9. The highest BCUT2D eigenvalue weighted by Gasteiger charge is 2.28. The number of carbonyl (C=O) groups excluding carboxylic acids is 2. The van der Waals surface area contributed by atoms with Crippen molar-refractivity contribution in [2.75, 3.05) is 31.7 Å². The second-order valence-corrected chi connectivity index (χ2v) is 8.46. The van der Waals surface area contributed by atoms with Crippen LogP contribution in [-0.4, -0.2) is 60.1 Å². The number of hydrogen-bond acceptors (Lipinski definition) is 4. The molecule has 1 fully saturated rings. The highest BCUT2D eigenvalue weighted by molar-refractivity contribution is 7.98. The highest BCUT2D eigenvalue weighted by atomic mass is 32.2. The van der Waals surface area contributed by atoms with Crippen molar-refractivity contribution in [1.29, 1.82) is 0 Å². The molecule has 0 spiro atoms. The zero-order valence-electron chi connectivity index (χ0n) is 17.0. The highest BCUT2D eigenvalue weighted by Crippen LogP contribution is 2.25. The fourth-order valence-electron chi connectivity index (χ4n) is 3.82. The lowest BCUT2D eigenvalue weighted by molar-refractivity contribution is -0.137. The van der Waals surface area contributed by atoms with E-state index < -0.39 is 0 Å². The fraction of sp³-hybridized carbons (Fsp3) is 0.619. The number of hydrogen-bond donors (Lipinski definition) is 1. The van der Waals surface area contributed by atoms with Gasteiger partial charge >= 0.3 is 0 Å². The van der Waals surface area contributed by atoms with Gasteiger partial charge in [0.2, 0.25) is 11.8 Å². The van der Waals surface area contributed by atoms with E-state index in [0.717, 1.165) is 23.4 Å². The van der Waals surface area contributed by atoms with Crippen molar-refractivity contribution in [3.05, 3.63) is 24.3 Å². The second kappa shape index (κ2) is 10.7.